The molecule has 1 aromatic rings. The second-order valence-electron chi connectivity index (χ2n) is 4.88. The minimum Gasteiger partial charge on any atom is -0.351 e. The van der Waals surface area contributed by atoms with Crippen molar-refractivity contribution in [2.45, 2.75) is 19.3 Å². The van der Waals surface area contributed by atoms with Crippen LogP contribution in [0.1, 0.15) is 24.8 Å². The number of likely N-dealkylation sites (tertiary alicyclic amines) is 1. The normalized spacial score (nSPS) is 21.4. The SMILES string of the molecule is O=C1N=C(N2CCCCC2)SC1=Cc1ccccc1Cl. The van der Waals surface area contributed by atoms with Crippen LogP contribution in [-0.4, -0.2) is 29.1 Å². The van der Waals surface area contributed by atoms with Crippen molar-refractivity contribution in [2.24, 2.45) is 4.99 Å². The van der Waals surface area contributed by atoms with E-state index < -0.39 is 0 Å². The molecule has 0 aliphatic carbocycles. The summed E-state index contributed by atoms with van der Waals surface area (Å²) >= 11 is 7.58. The van der Waals surface area contributed by atoms with Crippen LogP contribution in [0.3, 0.4) is 0 Å². The molecule has 20 heavy (non-hydrogen) atoms. The van der Waals surface area contributed by atoms with E-state index in [4.69, 9.17) is 11.6 Å². The fourth-order valence-electron chi connectivity index (χ4n) is 2.35. The molecule has 3 nitrogen and oxygen atoms in total. The maximum absolute atomic E-state index is 12.0. The lowest BCUT2D eigenvalue weighted by Crippen LogP contribution is -2.33. The quantitative estimate of drug-likeness (QED) is 0.740. The molecule has 0 radical (unpaired) electrons. The molecule has 1 saturated heterocycles. The molecule has 1 fully saturated rings. The number of amidine groups is 1. The van der Waals surface area contributed by atoms with Gasteiger partial charge in [-0.05, 0) is 48.7 Å². The monoisotopic (exact) mass is 306 g/mol. The number of aliphatic imine (C=N–C) groups is 1. The smallest absolute Gasteiger partial charge is 0.286 e. The fourth-order valence-corrected chi connectivity index (χ4v) is 3.50. The van der Waals surface area contributed by atoms with Gasteiger partial charge in [-0.25, -0.2) is 0 Å². The fraction of sp³-hybridized carbons (Fsp3) is 0.333. The molecule has 2 aliphatic rings. The van der Waals surface area contributed by atoms with Crippen LogP contribution >= 0.6 is 23.4 Å². The number of rotatable bonds is 1. The molecule has 0 N–H and O–H groups in total. The van der Waals surface area contributed by atoms with Crippen molar-refractivity contribution in [3.63, 3.8) is 0 Å². The largest absolute Gasteiger partial charge is 0.351 e. The molecule has 2 aliphatic heterocycles. The molecular formula is C15H15ClN2OS. The molecule has 0 spiro atoms. The third-order valence-corrected chi connectivity index (χ3v) is 4.82. The standard InChI is InChI=1S/C15H15ClN2OS/c16-12-7-3-2-6-11(12)10-13-14(19)17-15(20-13)18-8-4-1-5-9-18/h2-3,6-7,10H,1,4-5,8-9H2. The topological polar surface area (TPSA) is 32.7 Å². The Morgan fingerprint density at radius 2 is 1.95 bits per heavy atom. The zero-order valence-corrected chi connectivity index (χ0v) is 12.6. The highest BCUT2D eigenvalue weighted by atomic mass is 35.5. The van der Waals surface area contributed by atoms with E-state index in [1.54, 1.807) is 0 Å². The average Bonchev–Trinajstić information content (AvgIpc) is 2.84. The van der Waals surface area contributed by atoms with E-state index in [1.165, 1.54) is 31.0 Å². The van der Waals surface area contributed by atoms with E-state index in [9.17, 15) is 4.79 Å². The van der Waals surface area contributed by atoms with Crippen LogP contribution in [0.4, 0.5) is 0 Å². The van der Waals surface area contributed by atoms with Crippen LogP contribution in [-0.2, 0) is 4.79 Å². The van der Waals surface area contributed by atoms with Crippen LogP contribution in [0.25, 0.3) is 6.08 Å². The van der Waals surface area contributed by atoms with Crippen molar-refractivity contribution in [1.29, 1.82) is 0 Å². The summed E-state index contributed by atoms with van der Waals surface area (Å²) in [7, 11) is 0. The molecule has 5 heteroatoms. The van der Waals surface area contributed by atoms with Crippen molar-refractivity contribution in [1.82, 2.24) is 4.90 Å². The van der Waals surface area contributed by atoms with Gasteiger partial charge in [0.1, 0.15) is 0 Å². The van der Waals surface area contributed by atoms with Crippen LogP contribution in [0.2, 0.25) is 5.02 Å². The van der Waals surface area contributed by atoms with Gasteiger partial charge >= 0.3 is 0 Å². The second kappa shape index (κ2) is 6.02. The molecule has 0 saturated carbocycles. The number of nitrogens with zero attached hydrogens (tertiary/aromatic N) is 2. The first-order valence-corrected chi connectivity index (χ1v) is 7.95. The van der Waals surface area contributed by atoms with Crippen molar-refractivity contribution in [3.05, 3.63) is 39.8 Å². The Morgan fingerprint density at radius 3 is 2.70 bits per heavy atom. The van der Waals surface area contributed by atoms with Gasteiger partial charge in [-0.2, -0.15) is 4.99 Å². The Bertz CT molecular complexity index is 591. The van der Waals surface area contributed by atoms with Gasteiger partial charge in [0.05, 0.1) is 4.91 Å². The van der Waals surface area contributed by atoms with Crippen LogP contribution < -0.4 is 0 Å². The van der Waals surface area contributed by atoms with E-state index in [2.05, 4.69) is 9.89 Å². The van der Waals surface area contributed by atoms with Gasteiger partial charge in [0.15, 0.2) is 5.17 Å². The molecule has 1 amide bonds. The molecule has 2 heterocycles. The molecule has 104 valence electrons. The zero-order chi connectivity index (χ0) is 13.9. The number of piperidine rings is 1. The van der Waals surface area contributed by atoms with E-state index in [-0.39, 0.29) is 5.91 Å². The third-order valence-electron chi connectivity index (χ3n) is 3.43. The first kappa shape index (κ1) is 13.7. The number of hydrogen-bond acceptors (Lipinski definition) is 3. The Balaban J connectivity index is 1.78. The summed E-state index contributed by atoms with van der Waals surface area (Å²) < 4.78 is 0. The Hall–Kier alpha value is -1.26. The van der Waals surface area contributed by atoms with Crippen molar-refractivity contribution >= 4 is 40.5 Å². The minimum absolute atomic E-state index is 0.157. The Labute approximate surface area is 127 Å². The molecule has 0 bridgehead atoms. The highest BCUT2D eigenvalue weighted by Gasteiger charge is 2.26. The van der Waals surface area contributed by atoms with E-state index in [1.807, 2.05) is 30.3 Å². The number of benzene rings is 1. The van der Waals surface area contributed by atoms with Gasteiger partial charge in [-0.15, -0.1) is 0 Å². The summed E-state index contributed by atoms with van der Waals surface area (Å²) in [5.41, 5.74) is 0.861. The predicted octanol–water partition coefficient (Wildman–Crippen LogP) is 3.80. The summed E-state index contributed by atoms with van der Waals surface area (Å²) in [4.78, 5) is 19.0. The number of carbonyl (C=O) groups is 1. The van der Waals surface area contributed by atoms with E-state index >= 15 is 0 Å². The lowest BCUT2D eigenvalue weighted by atomic mass is 10.1. The minimum atomic E-state index is -0.157. The molecule has 0 aromatic heterocycles. The lowest BCUT2D eigenvalue weighted by Gasteiger charge is -2.27. The zero-order valence-electron chi connectivity index (χ0n) is 11.0. The highest BCUT2D eigenvalue weighted by molar-refractivity contribution is 8.18. The molecule has 0 unspecified atom stereocenters. The third kappa shape index (κ3) is 2.91. The molecule has 1 aromatic carbocycles. The number of carbonyl (C=O) groups excluding carboxylic acids is 1. The van der Waals surface area contributed by atoms with Gasteiger partial charge in [0, 0.05) is 18.1 Å². The number of halogens is 1. The number of amides is 1. The first-order chi connectivity index (χ1) is 9.74. The van der Waals surface area contributed by atoms with Crippen LogP contribution in [0.15, 0.2) is 34.2 Å². The van der Waals surface area contributed by atoms with Crippen molar-refractivity contribution in [2.75, 3.05) is 13.1 Å². The van der Waals surface area contributed by atoms with Gasteiger partial charge in [0.2, 0.25) is 0 Å². The maximum Gasteiger partial charge on any atom is 0.286 e. The average molecular weight is 307 g/mol. The van der Waals surface area contributed by atoms with Gasteiger partial charge < -0.3 is 4.90 Å². The maximum atomic E-state index is 12.0. The van der Waals surface area contributed by atoms with Crippen molar-refractivity contribution in [3.8, 4) is 0 Å². The summed E-state index contributed by atoms with van der Waals surface area (Å²) in [5, 5.41) is 1.49. The second-order valence-corrected chi connectivity index (χ2v) is 6.30. The number of hydrogen-bond donors (Lipinski definition) is 0. The Kier molecular flexibility index (Phi) is 4.13. The van der Waals surface area contributed by atoms with E-state index in [0.29, 0.717) is 9.93 Å². The van der Waals surface area contributed by atoms with Gasteiger partial charge in [0.25, 0.3) is 5.91 Å². The van der Waals surface area contributed by atoms with Gasteiger partial charge in [-0.3, -0.25) is 4.79 Å². The summed E-state index contributed by atoms with van der Waals surface area (Å²) in [6.45, 7) is 2.00. The lowest BCUT2D eigenvalue weighted by molar-refractivity contribution is -0.113. The first-order valence-electron chi connectivity index (χ1n) is 6.76. The highest BCUT2D eigenvalue weighted by Crippen LogP contribution is 2.32. The van der Waals surface area contributed by atoms with E-state index in [0.717, 1.165) is 23.8 Å². The number of thioether (sulfide) groups is 1. The van der Waals surface area contributed by atoms with Crippen LogP contribution in [0.5, 0.6) is 0 Å². The molecular weight excluding hydrogens is 292 g/mol. The van der Waals surface area contributed by atoms with Crippen molar-refractivity contribution < 1.29 is 4.79 Å². The summed E-state index contributed by atoms with van der Waals surface area (Å²) in [6.07, 6.45) is 5.45. The Morgan fingerprint density at radius 1 is 1.20 bits per heavy atom. The predicted molar refractivity (Wildman–Crippen MR) is 84.9 cm³/mol. The van der Waals surface area contributed by atoms with Crippen LogP contribution in [0, 0.1) is 0 Å². The van der Waals surface area contributed by atoms with Gasteiger partial charge in [-0.1, -0.05) is 29.8 Å². The molecule has 3 rings (SSSR count). The molecule has 0 atom stereocenters. The summed E-state index contributed by atoms with van der Waals surface area (Å²) in [5.74, 6) is -0.157. The summed E-state index contributed by atoms with van der Waals surface area (Å²) in [6, 6.07) is 7.52.